The first kappa shape index (κ1) is 39.8. The van der Waals surface area contributed by atoms with Crippen LogP contribution in [0.2, 0.25) is 0 Å². The molecule has 0 saturated heterocycles. The van der Waals surface area contributed by atoms with Crippen LogP contribution in [0.5, 0.6) is 0 Å². The lowest BCUT2D eigenvalue weighted by Gasteiger charge is -2.19. The van der Waals surface area contributed by atoms with Gasteiger partial charge in [0.1, 0.15) is 82.5 Å². The van der Waals surface area contributed by atoms with Crippen molar-refractivity contribution in [3.05, 3.63) is 143 Å². The predicted molar refractivity (Wildman–Crippen MR) is 216 cm³/mol. The minimum atomic E-state index is -0.701. The molecule has 0 amide bonds. The molecule has 0 unspecified atom stereocenters. The van der Waals surface area contributed by atoms with Crippen LogP contribution in [-0.4, -0.2) is 40.3 Å². The van der Waals surface area contributed by atoms with Crippen molar-refractivity contribution in [2.45, 2.75) is 25.9 Å². The molecule has 2 atom stereocenters. The zero-order valence-corrected chi connectivity index (χ0v) is 31.5. The Hall–Kier alpha value is -8.38. The van der Waals surface area contributed by atoms with Crippen molar-refractivity contribution in [2.75, 3.05) is 22.1 Å². The van der Waals surface area contributed by atoms with Crippen LogP contribution in [0, 0.1) is 45.9 Å². The van der Waals surface area contributed by atoms with E-state index in [9.17, 15) is 28.1 Å². The average molecular weight is 807 g/mol. The van der Waals surface area contributed by atoms with Crippen molar-refractivity contribution >= 4 is 45.1 Å². The Morgan fingerprint density at radius 1 is 0.533 bits per heavy atom. The Balaban J connectivity index is 0.000000181. The van der Waals surface area contributed by atoms with E-state index in [1.807, 2.05) is 36.4 Å². The van der Waals surface area contributed by atoms with E-state index in [4.69, 9.17) is 11.5 Å². The molecule has 0 aliphatic rings. The number of hydrogen-bond acceptors (Lipinski definition) is 14. The van der Waals surface area contributed by atoms with Crippen LogP contribution in [0.15, 0.2) is 97.6 Å². The van der Waals surface area contributed by atoms with E-state index in [0.717, 1.165) is 12.1 Å². The fraction of sp³-hybridized carbons (Fsp3) is 0.0952. The van der Waals surface area contributed by atoms with Gasteiger partial charge in [-0.25, -0.2) is 37.5 Å². The molecule has 4 heterocycles. The normalized spacial score (nSPS) is 11.8. The largest absolute Gasteiger partial charge is 0.382 e. The van der Waals surface area contributed by atoms with Crippen molar-refractivity contribution in [3.63, 3.8) is 0 Å². The van der Waals surface area contributed by atoms with E-state index in [1.165, 1.54) is 36.9 Å². The fourth-order valence-electron chi connectivity index (χ4n) is 6.53. The monoisotopic (exact) mass is 806 g/mol. The Bertz CT molecular complexity index is 2760. The molecular weight excluding hydrogens is 777 g/mol. The summed E-state index contributed by atoms with van der Waals surface area (Å²) in [5, 5.41) is 43.3. The predicted octanol–water partition coefficient (Wildman–Crippen LogP) is 7.98. The maximum Gasteiger partial charge on any atom is 0.150 e. The standard InChI is InChI=1S/2C21H15F2N7/c2*1-11(28-21-16(9-24)20(25)26-10-27-21)19-18(12-6-13(22)8-14(23)7-12)15-4-2-3-5-17(15)29-30-19/h2*2-8,10-11H,1H3,(H3,25,26,27,28)/t2*11-/m10/s1. The number of halogens is 4. The summed E-state index contributed by atoms with van der Waals surface area (Å²) < 4.78 is 55.9. The number of aromatic nitrogens is 8. The molecule has 4 aromatic heterocycles. The number of benzene rings is 4. The highest BCUT2D eigenvalue weighted by Gasteiger charge is 2.23. The molecule has 0 aliphatic heterocycles. The third kappa shape index (κ3) is 8.20. The smallest absolute Gasteiger partial charge is 0.150 e. The number of hydrogen-bond donors (Lipinski definition) is 4. The third-order valence-corrected chi connectivity index (χ3v) is 9.20. The summed E-state index contributed by atoms with van der Waals surface area (Å²) in [6, 6.07) is 23.8. The van der Waals surface area contributed by atoms with Crippen LogP contribution < -0.4 is 22.1 Å². The molecule has 296 valence electrons. The van der Waals surface area contributed by atoms with Gasteiger partial charge in [0, 0.05) is 34.0 Å². The molecule has 0 saturated carbocycles. The van der Waals surface area contributed by atoms with Gasteiger partial charge in [0.05, 0.1) is 34.5 Å². The first-order valence-electron chi connectivity index (χ1n) is 17.9. The highest BCUT2D eigenvalue weighted by molar-refractivity contribution is 5.96. The van der Waals surface area contributed by atoms with Crippen molar-refractivity contribution < 1.29 is 17.6 Å². The zero-order chi connectivity index (χ0) is 42.5. The van der Waals surface area contributed by atoms with Gasteiger partial charge in [-0.3, -0.25) is 0 Å². The second-order valence-electron chi connectivity index (χ2n) is 13.2. The molecule has 0 bridgehead atoms. The molecule has 6 N–H and O–H groups in total. The molecule has 14 nitrogen and oxygen atoms in total. The summed E-state index contributed by atoms with van der Waals surface area (Å²) in [5.41, 5.74) is 15.4. The van der Waals surface area contributed by atoms with E-state index in [1.54, 1.807) is 38.1 Å². The fourth-order valence-corrected chi connectivity index (χ4v) is 6.53. The van der Waals surface area contributed by atoms with Crippen molar-refractivity contribution in [3.8, 4) is 34.4 Å². The average Bonchev–Trinajstić information content (AvgIpc) is 3.22. The topological polar surface area (TPSA) is 227 Å². The Morgan fingerprint density at radius 2 is 0.900 bits per heavy atom. The summed E-state index contributed by atoms with van der Waals surface area (Å²) in [6.07, 6.45) is 2.47. The Morgan fingerprint density at radius 3 is 1.27 bits per heavy atom. The Kier molecular flexibility index (Phi) is 11.3. The quantitative estimate of drug-likeness (QED) is 0.107. The highest BCUT2D eigenvalue weighted by atomic mass is 19.1. The van der Waals surface area contributed by atoms with E-state index >= 15 is 0 Å². The van der Waals surface area contributed by atoms with Crippen LogP contribution in [0.1, 0.15) is 48.4 Å². The first-order valence-corrected chi connectivity index (χ1v) is 17.9. The number of fused-ring (bicyclic) bond motifs is 2. The van der Waals surface area contributed by atoms with Crippen molar-refractivity contribution in [1.29, 1.82) is 10.5 Å². The SMILES string of the molecule is C[C@@H](Nc1ncnc(N)c1C#N)c1nnc2ccccc2c1-c1cc(F)cc(F)c1.C[C@H](Nc1ncnc(N)c1C#N)c1nnc2ccccc2c1-c1cc(F)cc(F)c1. The molecule has 4 aromatic carbocycles. The Labute approximate surface area is 338 Å². The molecule has 0 radical (unpaired) electrons. The van der Waals surface area contributed by atoms with E-state index in [2.05, 4.69) is 51.0 Å². The van der Waals surface area contributed by atoms with Crippen LogP contribution in [0.4, 0.5) is 40.8 Å². The number of anilines is 4. The van der Waals surface area contributed by atoms with Gasteiger partial charge in [-0.2, -0.15) is 30.9 Å². The summed E-state index contributed by atoms with van der Waals surface area (Å²) in [5.74, 6) is -2.27. The van der Waals surface area contributed by atoms with Gasteiger partial charge in [0.25, 0.3) is 0 Å². The van der Waals surface area contributed by atoms with Gasteiger partial charge < -0.3 is 22.1 Å². The number of nitrogens with two attached hydrogens (primary N) is 2. The lowest BCUT2D eigenvalue weighted by atomic mass is 9.96. The van der Waals surface area contributed by atoms with Gasteiger partial charge in [0.2, 0.25) is 0 Å². The van der Waals surface area contributed by atoms with Gasteiger partial charge in [-0.15, -0.1) is 0 Å². The summed E-state index contributed by atoms with van der Waals surface area (Å²) >= 11 is 0. The molecular formula is C42H30F4N14. The van der Waals surface area contributed by atoms with Crippen LogP contribution in [0.25, 0.3) is 44.1 Å². The maximum atomic E-state index is 14.0. The zero-order valence-electron chi connectivity index (χ0n) is 31.5. The number of rotatable bonds is 8. The molecule has 0 aliphatic carbocycles. The van der Waals surface area contributed by atoms with Gasteiger partial charge in [0.15, 0.2) is 0 Å². The van der Waals surface area contributed by atoms with E-state index in [0.29, 0.717) is 55.4 Å². The second-order valence-corrected chi connectivity index (χ2v) is 13.2. The van der Waals surface area contributed by atoms with E-state index in [-0.39, 0.29) is 34.4 Å². The number of nitrogen functional groups attached to an aromatic ring is 2. The molecule has 60 heavy (non-hydrogen) atoms. The van der Waals surface area contributed by atoms with Gasteiger partial charge in [-0.1, -0.05) is 36.4 Å². The number of nitriles is 2. The third-order valence-electron chi connectivity index (χ3n) is 9.20. The van der Waals surface area contributed by atoms with Crippen LogP contribution in [0.3, 0.4) is 0 Å². The molecule has 0 fully saturated rings. The van der Waals surface area contributed by atoms with Crippen molar-refractivity contribution in [1.82, 2.24) is 40.3 Å². The minimum absolute atomic E-state index is 0.0409. The van der Waals surface area contributed by atoms with Gasteiger partial charge >= 0.3 is 0 Å². The molecule has 8 aromatic rings. The number of nitrogens with zero attached hydrogens (tertiary/aromatic N) is 10. The van der Waals surface area contributed by atoms with Crippen LogP contribution in [-0.2, 0) is 0 Å². The minimum Gasteiger partial charge on any atom is -0.382 e. The lowest BCUT2D eigenvalue weighted by molar-refractivity contribution is 0.583. The van der Waals surface area contributed by atoms with Gasteiger partial charge in [-0.05, 0) is 61.4 Å². The van der Waals surface area contributed by atoms with Crippen molar-refractivity contribution in [2.24, 2.45) is 0 Å². The summed E-state index contributed by atoms with van der Waals surface area (Å²) in [7, 11) is 0. The maximum absolute atomic E-state index is 14.0. The molecule has 0 spiro atoms. The number of nitrogens with one attached hydrogen (secondary N) is 2. The molecule has 8 rings (SSSR count). The van der Waals surface area contributed by atoms with Crippen LogP contribution >= 0.6 is 0 Å². The van der Waals surface area contributed by atoms with E-state index < -0.39 is 35.4 Å². The summed E-state index contributed by atoms with van der Waals surface area (Å²) in [4.78, 5) is 15.8. The molecule has 18 heteroatoms. The summed E-state index contributed by atoms with van der Waals surface area (Å²) in [6.45, 7) is 3.55. The second kappa shape index (κ2) is 17.0. The lowest BCUT2D eigenvalue weighted by Crippen LogP contribution is -2.14. The first-order chi connectivity index (χ1) is 28.9. The highest BCUT2D eigenvalue weighted by Crippen LogP contribution is 2.37.